The standard InChI is InChI=1S/C11H23NO.Eu/c1-5-8-11(13,9-6-2)10(4)12-7-3;/h13H,5-9H2,1-4H3;. The van der Waals surface area contributed by atoms with Crippen LogP contribution in [0.4, 0.5) is 0 Å². The largest absolute Gasteiger partial charge is 0.384 e. The van der Waals surface area contributed by atoms with Crippen LogP contribution in [0.15, 0.2) is 4.99 Å². The smallest absolute Gasteiger partial charge is 0.102 e. The average molecular weight is 337 g/mol. The molecule has 0 aromatic heterocycles. The molecule has 0 bridgehead atoms. The SMILES string of the molecule is CCCC(O)(CCC)C(C)=NCC.[Eu]. The van der Waals surface area contributed by atoms with Crippen LogP contribution in [0.25, 0.3) is 0 Å². The normalized spacial score (nSPS) is 12.5. The summed E-state index contributed by atoms with van der Waals surface area (Å²) in [6, 6.07) is 0. The molecule has 0 aromatic rings. The van der Waals surface area contributed by atoms with E-state index in [0.717, 1.165) is 37.9 Å². The molecule has 14 heavy (non-hydrogen) atoms. The Hall–Kier alpha value is 1.21. The Balaban J connectivity index is 0. The van der Waals surface area contributed by atoms with E-state index in [-0.39, 0.29) is 49.4 Å². The molecule has 0 aliphatic carbocycles. The first-order valence-corrected chi connectivity index (χ1v) is 5.34. The fraction of sp³-hybridized carbons (Fsp3) is 0.909. The molecule has 0 rings (SSSR count). The number of hydrogen-bond donors (Lipinski definition) is 1. The van der Waals surface area contributed by atoms with Crippen molar-refractivity contribution in [3.63, 3.8) is 0 Å². The predicted molar refractivity (Wildman–Crippen MR) is 58.4 cm³/mol. The summed E-state index contributed by atoms with van der Waals surface area (Å²) in [5, 5.41) is 10.3. The maximum atomic E-state index is 10.3. The van der Waals surface area contributed by atoms with Gasteiger partial charge in [0.1, 0.15) is 5.60 Å². The van der Waals surface area contributed by atoms with Gasteiger partial charge in [-0.05, 0) is 26.7 Å². The third-order valence-corrected chi connectivity index (χ3v) is 2.40. The summed E-state index contributed by atoms with van der Waals surface area (Å²) < 4.78 is 0. The molecular weight excluding hydrogens is 314 g/mol. The quantitative estimate of drug-likeness (QED) is 0.743. The molecule has 1 N–H and O–H groups in total. The van der Waals surface area contributed by atoms with Gasteiger partial charge in [0.2, 0.25) is 0 Å². The number of rotatable bonds is 6. The molecule has 0 spiro atoms. The van der Waals surface area contributed by atoms with Crippen molar-refractivity contribution in [2.24, 2.45) is 4.99 Å². The zero-order chi connectivity index (χ0) is 10.3. The van der Waals surface area contributed by atoms with E-state index >= 15 is 0 Å². The van der Waals surface area contributed by atoms with E-state index in [9.17, 15) is 5.11 Å². The van der Waals surface area contributed by atoms with Crippen molar-refractivity contribution in [1.82, 2.24) is 0 Å². The van der Waals surface area contributed by atoms with Crippen molar-refractivity contribution in [1.29, 1.82) is 0 Å². The van der Waals surface area contributed by atoms with Gasteiger partial charge in [-0.3, -0.25) is 4.99 Å². The summed E-state index contributed by atoms with van der Waals surface area (Å²) in [5.74, 6) is 0. The van der Waals surface area contributed by atoms with E-state index in [1.165, 1.54) is 0 Å². The summed E-state index contributed by atoms with van der Waals surface area (Å²) in [6.45, 7) is 8.90. The van der Waals surface area contributed by atoms with Crippen LogP contribution in [-0.4, -0.2) is 23.0 Å². The second kappa shape index (κ2) is 9.44. The van der Waals surface area contributed by atoms with E-state index in [4.69, 9.17) is 0 Å². The van der Waals surface area contributed by atoms with Gasteiger partial charge in [0.25, 0.3) is 0 Å². The van der Waals surface area contributed by atoms with Gasteiger partial charge in [-0.25, -0.2) is 0 Å². The molecule has 0 heterocycles. The Kier molecular flexibility index (Phi) is 11.9. The molecule has 2 nitrogen and oxygen atoms in total. The van der Waals surface area contributed by atoms with Gasteiger partial charge in [0, 0.05) is 61.6 Å². The van der Waals surface area contributed by atoms with E-state index in [1.807, 2.05) is 13.8 Å². The molecule has 0 aromatic carbocycles. The molecular formula is C11H23EuNO. The van der Waals surface area contributed by atoms with Crippen LogP contribution in [0.5, 0.6) is 0 Å². The topological polar surface area (TPSA) is 32.6 Å². The number of nitrogens with zero attached hydrogens (tertiary/aromatic N) is 1. The van der Waals surface area contributed by atoms with E-state index in [2.05, 4.69) is 18.8 Å². The second-order valence-corrected chi connectivity index (χ2v) is 3.59. The summed E-state index contributed by atoms with van der Waals surface area (Å²) in [5.41, 5.74) is 0.262. The van der Waals surface area contributed by atoms with Crippen LogP contribution in [0.3, 0.4) is 0 Å². The molecule has 3 heteroatoms. The van der Waals surface area contributed by atoms with Crippen molar-refractivity contribution in [2.45, 2.75) is 59.0 Å². The van der Waals surface area contributed by atoms with Crippen LogP contribution in [0.1, 0.15) is 53.4 Å². The summed E-state index contributed by atoms with van der Waals surface area (Å²) in [7, 11) is 0. The summed E-state index contributed by atoms with van der Waals surface area (Å²) in [4.78, 5) is 4.30. The van der Waals surface area contributed by atoms with Crippen LogP contribution in [0.2, 0.25) is 0 Å². The van der Waals surface area contributed by atoms with Gasteiger partial charge >= 0.3 is 0 Å². The Morgan fingerprint density at radius 2 is 1.57 bits per heavy atom. The zero-order valence-corrected chi connectivity index (χ0v) is 12.2. The third kappa shape index (κ3) is 5.94. The maximum absolute atomic E-state index is 10.3. The van der Waals surface area contributed by atoms with Crippen molar-refractivity contribution < 1.29 is 54.5 Å². The molecule has 0 fully saturated rings. The minimum atomic E-state index is -0.639. The minimum Gasteiger partial charge on any atom is -0.384 e. The summed E-state index contributed by atoms with van der Waals surface area (Å²) >= 11 is 0. The molecule has 85 valence electrons. The minimum absolute atomic E-state index is 0. The van der Waals surface area contributed by atoms with Gasteiger partial charge in [-0.15, -0.1) is 0 Å². The van der Waals surface area contributed by atoms with Gasteiger partial charge in [0.05, 0.1) is 0 Å². The van der Waals surface area contributed by atoms with Crippen molar-refractivity contribution in [3.05, 3.63) is 0 Å². The molecule has 0 unspecified atom stereocenters. The molecule has 0 saturated carbocycles. The molecule has 0 amide bonds. The van der Waals surface area contributed by atoms with Crippen molar-refractivity contribution in [3.8, 4) is 0 Å². The second-order valence-electron chi connectivity index (χ2n) is 3.59. The Morgan fingerprint density at radius 3 is 1.86 bits per heavy atom. The Labute approximate surface area is 129 Å². The molecule has 0 aliphatic rings. The van der Waals surface area contributed by atoms with Crippen molar-refractivity contribution in [2.75, 3.05) is 6.54 Å². The molecule has 0 atom stereocenters. The fourth-order valence-corrected chi connectivity index (χ4v) is 1.70. The Bertz CT molecular complexity index is 163. The monoisotopic (exact) mass is 338 g/mol. The number of aliphatic hydroxyl groups is 1. The summed E-state index contributed by atoms with van der Waals surface area (Å²) in [6.07, 6.45) is 3.67. The van der Waals surface area contributed by atoms with E-state index in [1.54, 1.807) is 0 Å². The first kappa shape index (κ1) is 17.6. The van der Waals surface area contributed by atoms with Gasteiger partial charge in [-0.1, -0.05) is 26.7 Å². The van der Waals surface area contributed by atoms with Crippen LogP contribution >= 0.6 is 0 Å². The third-order valence-electron chi connectivity index (χ3n) is 2.40. The first-order valence-electron chi connectivity index (χ1n) is 5.34. The Morgan fingerprint density at radius 1 is 1.14 bits per heavy atom. The van der Waals surface area contributed by atoms with Crippen LogP contribution in [0, 0.1) is 49.4 Å². The number of aliphatic imine (C=N–C) groups is 1. The van der Waals surface area contributed by atoms with E-state index < -0.39 is 5.60 Å². The van der Waals surface area contributed by atoms with E-state index in [0.29, 0.717) is 0 Å². The van der Waals surface area contributed by atoms with Gasteiger partial charge in [-0.2, -0.15) is 0 Å². The van der Waals surface area contributed by atoms with Crippen molar-refractivity contribution >= 4 is 5.71 Å². The van der Waals surface area contributed by atoms with Crippen LogP contribution < -0.4 is 0 Å². The first-order chi connectivity index (χ1) is 6.10. The zero-order valence-electron chi connectivity index (χ0n) is 9.81. The van der Waals surface area contributed by atoms with Crippen LogP contribution in [-0.2, 0) is 0 Å². The fourth-order valence-electron chi connectivity index (χ4n) is 1.70. The van der Waals surface area contributed by atoms with Gasteiger partial charge < -0.3 is 5.11 Å². The maximum Gasteiger partial charge on any atom is 0.102 e. The molecule has 0 saturated heterocycles. The molecule has 1 radical (unpaired) electrons. The molecule has 0 aliphatic heterocycles. The average Bonchev–Trinajstić information content (AvgIpc) is 2.05. The van der Waals surface area contributed by atoms with Gasteiger partial charge in [0.15, 0.2) is 0 Å². The number of hydrogen-bond acceptors (Lipinski definition) is 2. The predicted octanol–water partition coefficient (Wildman–Crippen LogP) is 2.80.